The fourth-order valence-electron chi connectivity index (χ4n) is 2.25. The molecule has 4 heteroatoms. The molecule has 0 aliphatic rings. The van der Waals surface area contributed by atoms with Crippen molar-refractivity contribution in [2.45, 2.75) is 13.1 Å². The molecule has 0 aliphatic carbocycles. The Hall–Kier alpha value is -0.680. The molecule has 0 amide bonds. The number of thiophene rings is 1. The molecule has 0 saturated heterocycles. The maximum Gasteiger partial charge on any atom is 0.0843 e. The molecule has 1 N–H and O–H groups in total. The van der Waals surface area contributed by atoms with Crippen molar-refractivity contribution >= 4 is 54.0 Å². The van der Waals surface area contributed by atoms with Crippen LogP contribution >= 0.6 is 43.2 Å². The molecule has 20 heavy (non-hydrogen) atoms. The van der Waals surface area contributed by atoms with E-state index >= 15 is 0 Å². The third-order valence-corrected chi connectivity index (χ3v) is 6.45. The normalized spacial score (nSPS) is 11.1. The molecule has 3 aromatic rings. The highest BCUT2D eigenvalue weighted by atomic mass is 79.9. The Morgan fingerprint density at radius 2 is 1.75 bits per heavy atom. The van der Waals surface area contributed by atoms with Gasteiger partial charge in [0.15, 0.2) is 0 Å². The van der Waals surface area contributed by atoms with Crippen LogP contribution in [0.4, 0.5) is 0 Å². The van der Waals surface area contributed by atoms with Gasteiger partial charge in [-0.25, -0.2) is 0 Å². The third-order valence-electron chi connectivity index (χ3n) is 3.19. The zero-order chi connectivity index (χ0) is 13.9. The molecule has 0 aliphatic heterocycles. The Bertz CT molecular complexity index is 711. The van der Waals surface area contributed by atoms with Gasteiger partial charge >= 0.3 is 0 Å². The van der Waals surface area contributed by atoms with Crippen molar-refractivity contribution in [2.75, 3.05) is 0 Å². The molecule has 2 aromatic carbocycles. The van der Waals surface area contributed by atoms with E-state index in [9.17, 15) is 0 Å². The minimum atomic E-state index is 0.883. The minimum Gasteiger partial charge on any atom is -0.308 e. The lowest BCUT2D eigenvalue weighted by molar-refractivity contribution is 0.704. The summed E-state index contributed by atoms with van der Waals surface area (Å²) in [5, 5.41) is 6.15. The van der Waals surface area contributed by atoms with Gasteiger partial charge in [0.2, 0.25) is 0 Å². The Kier molecular flexibility index (Phi) is 4.56. The lowest BCUT2D eigenvalue weighted by atomic mass is 10.0. The molecule has 1 heterocycles. The predicted octanol–water partition coefficient (Wildman–Crippen LogP) is 5.72. The summed E-state index contributed by atoms with van der Waals surface area (Å²) in [6.07, 6.45) is 0. The van der Waals surface area contributed by atoms with E-state index in [0.717, 1.165) is 21.3 Å². The van der Waals surface area contributed by atoms with E-state index in [-0.39, 0.29) is 0 Å². The van der Waals surface area contributed by atoms with Crippen LogP contribution in [0.2, 0.25) is 0 Å². The molecular weight excluding hydrogens is 398 g/mol. The lowest BCUT2D eigenvalue weighted by Gasteiger charge is -2.07. The monoisotopic (exact) mass is 409 g/mol. The van der Waals surface area contributed by atoms with Gasteiger partial charge in [0.25, 0.3) is 0 Å². The molecule has 102 valence electrons. The maximum absolute atomic E-state index is 3.53. The van der Waals surface area contributed by atoms with Gasteiger partial charge in [-0.1, -0.05) is 42.5 Å². The molecule has 0 atom stereocenters. The van der Waals surface area contributed by atoms with E-state index in [1.54, 1.807) is 11.3 Å². The average Bonchev–Trinajstić information content (AvgIpc) is 2.78. The van der Waals surface area contributed by atoms with Gasteiger partial charge in [-0.2, -0.15) is 0 Å². The molecule has 1 aromatic heterocycles. The van der Waals surface area contributed by atoms with Crippen molar-refractivity contribution in [3.8, 4) is 0 Å². The summed E-state index contributed by atoms with van der Waals surface area (Å²) in [6, 6.07) is 17.2. The van der Waals surface area contributed by atoms with Crippen LogP contribution in [0.25, 0.3) is 10.8 Å². The average molecular weight is 411 g/mol. The minimum absolute atomic E-state index is 0.883. The number of fused-ring (bicyclic) bond motifs is 1. The number of rotatable bonds is 4. The van der Waals surface area contributed by atoms with Crippen LogP contribution < -0.4 is 5.32 Å². The molecule has 0 fully saturated rings. The second-order valence-electron chi connectivity index (χ2n) is 4.58. The molecular formula is C16H13Br2NS. The third kappa shape index (κ3) is 3.14. The van der Waals surface area contributed by atoms with Gasteiger partial charge in [-0.05, 0) is 54.3 Å². The molecule has 0 unspecified atom stereocenters. The lowest BCUT2D eigenvalue weighted by Crippen LogP contribution is -2.11. The first-order valence-corrected chi connectivity index (χ1v) is 8.75. The van der Waals surface area contributed by atoms with E-state index in [1.165, 1.54) is 21.2 Å². The van der Waals surface area contributed by atoms with Crippen molar-refractivity contribution in [2.24, 2.45) is 0 Å². The summed E-state index contributed by atoms with van der Waals surface area (Å²) in [7, 11) is 0. The Morgan fingerprint density at radius 1 is 0.950 bits per heavy atom. The van der Waals surface area contributed by atoms with Gasteiger partial charge in [-0.15, -0.1) is 11.3 Å². The molecule has 0 radical (unpaired) electrons. The molecule has 0 saturated carbocycles. The van der Waals surface area contributed by atoms with Gasteiger partial charge in [0, 0.05) is 22.4 Å². The zero-order valence-corrected chi connectivity index (χ0v) is 14.7. The highest BCUT2D eigenvalue weighted by Gasteiger charge is 2.04. The van der Waals surface area contributed by atoms with Crippen molar-refractivity contribution < 1.29 is 0 Å². The quantitative estimate of drug-likeness (QED) is 0.580. The summed E-state index contributed by atoms with van der Waals surface area (Å²) < 4.78 is 2.28. The molecule has 0 spiro atoms. The van der Waals surface area contributed by atoms with E-state index in [0.29, 0.717) is 0 Å². The van der Waals surface area contributed by atoms with Gasteiger partial charge in [-0.3, -0.25) is 0 Å². The van der Waals surface area contributed by atoms with Crippen LogP contribution in [0.15, 0.2) is 56.8 Å². The van der Waals surface area contributed by atoms with Crippen LogP contribution in [0, 0.1) is 0 Å². The summed E-state index contributed by atoms with van der Waals surface area (Å²) >= 11 is 8.81. The fraction of sp³-hybridized carbons (Fsp3) is 0.125. The Balaban J connectivity index is 1.71. The first-order valence-electron chi connectivity index (χ1n) is 6.35. The predicted molar refractivity (Wildman–Crippen MR) is 94.2 cm³/mol. The summed E-state index contributed by atoms with van der Waals surface area (Å²) in [4.78, 5) is 1.32. The van der Waals surface area contributed by atoms with E-state index < -0.39 is 0 Å². The van der Waals surface area contributed by atoms with E-state index in [1.807, 2.05) is 0 Å². The highest BCUT2D eigenvalue weighted by molar-refractivity contribution is 9.13. The second-order valence-corrected chi connectivity index (χ2v) is 7.89. The maximum atomic E-state index is 3.53. The van der Waals surface area contributed by atoms with Crippen LogP contribution in [-0.2, 0) is 13.1 Å². The van der Waals surface area contributed by atoms with Crippen LogP contribution in [0.5, 0.6) is 0 Å². The van der Waals surface area contributed by atoms with Crippen LogP contribution in [0.3, 0.4) is 0 Å². The topological polar surface area (TPSA) is 12.0 Å². The summed E-state index contributed by atoms with van der Waals surface area (Å²) in [5.74, 6) is 0. The number of hydrogen-bond donors (Lipinski definition) is 1. The Labute approximate surface area is 139 Å². The summed E-state index contributed by atoms with van der Waals surface area (Å²) in [5.41, 5.74) is 1.35. The second kappa shape index (κ2) is 6.39. The van der Waals surface area contributed by atoms with E-state index in [4.69, 9.17) is 0 Å². The van der Waals surface area contributed by atoms with Crippen molar-refractivity contribution in [3.63, 3.8) is 0 Å². The smallest absolute Gasteiger partial charge is 0.0843 e. The number of nitrogens with one attached hydrogen (secondary N) is 1. The van der Waals surface area contributed by atoms with Gasteiger partial charge in [0.1, 0.15) is 0 Å². The standard InChI is InChI=1S/C16H13Br2NS/c17-15-8-13(20-16(15)18)10-19-9-12-6-3-5-11-4-1-2-7-14(11)12/h1-8,19H,9-10H2. The van der Waals surface area contributed by atoms with Crippen LogP contribution in [-0.4, -0.2) is 0 Å². The first-order chi connectivity index (χ1) is 9.74. The van der Waals surface area contributed by atoms with Crippen molar-refractivity contribution in [1.82, 2.24) is 5.32 Å². The van der Waals surface area contributed by atoms with Gasteiger partial charge < -0.3 is 5.32 Å². The number of halogens is 2. The first kappa shape index (κ1) is 14.3. The fourth-order valence-corrected chi connectivity index (χ4v) is 4.39. The van der Waals surface area contributed by atoms with Crippen molar-refractivity contribution in [3.05, 3.63) is 67.2 Å². The highest BCUT2D eigenvalue weighted by Crippen LogP contribution is 2.32. The van der Waals surface area contributed by atoms with Crippen molar-refractivity contribution in [1.29, 1.82) is 0 Å². The number of benzene rings is 2. The van der Waals surface area contributed by atoms with Gasteiger partial charge in [0.05, 0.1) is 3.79 Å². The molecule has 0 bridgehead atoms. The summed E-state index contributed by atoms with van der Waals surface area (Å²) in [6.45, 7) is 1.77. The van der Waals surface area contributed by atoms with E-state index in [2.05, 4.69) is 85.7 Å². The van der Waals surface area contributed by atoms with Crippen LogP contribution in [0.1, 0.15) is 10.4 Å². The Morgan fingerprint density at radius 3 is 2.55 bits per heavy atom. The number of hydrogen-bond acceptors (Lipinski definition) is 2. The zero-order valence-electron chi connectivity index (χ0n) is 10.7. The largest absolute Gasteiger partial charge is 0.308 e. The SMILES string of the molecule is Brc1cc(CNCc2cccc3ccccc23)sc1Br. The molecule has 1 nitrogen and oxygen atoms in total. The molecule has 3 rings (SSSR count).